The van der Waals surface area contributed by atoms with E-state index in [0.717, 1.165) is 24.0 Å². The molecule has 1 aromatic rings. The second-order valence-corrected chi connectivity index (χ2v) is 4.02. The Kier molecular flexibility index (Phi) is 5.62. The molecule has 1 aromatic carbocycles. The average Bonchev–Trinajstić information content (AvgIpc) is 2.30. The molecule has 0 aliphatic heterocycles. The molecular formula is C14H20O2. The van der Waals surface area contributed by atoms with Gasteiger partial charge >= 0.3 is 0 Å². The third-order valence-electron chi connectivity index (χ3n) is 2.61. The summed E-state index contributed by atoms with van der Waals surface area (Å²) in [7, 11) is 0. The van der Waals surface area contributed by atoms with Crippen LogP contribution in [-0.2, 0) is 0 Å². The first kappa shape index (κ1) is 12.8. The minimum atomic E-state index is 0.649. The number of carbonyl (C=O) groups is 1. The topological polar surface area (TPSA) is 26.3 Å². The van der Waals surface area contributed by atoms with Crippen molar-refractivity contribution in [2.24, 2.45) is 0 Å². The van der Waals surface area contributed by atoms with E-state index >= 15 is 0 Å². The van der Waals surface area contributed by atoms with Gasteiger partial charge in [-0.2, -0.15) is 0 Å². The van der Waals surface area contributed by atoms with Gasteiger partial charge in [-0.3, -0.25) is 4.79 Å². The number of carbonyl (C=O) groups excluding carboxylic acids is 1. The predicted molar refractivity (Wildman–Crippen MR) is 66.2 cm³/mol. The minimum absolute atomic E-state index is 0.649. The summed E-state index contributed by atoms with van der Waals surface area (Å²) in [6.07, 6.45) is 5.58. The van der Waals surface area contributed by atoms with Gasteiger partial charge in [0.1, 0.15) is 5.75 Å². The molecule has 0 N–H and O–H groups in total. The molecular weight excluding hydrogens is 200 g/mol. The highest BCUT2D eigenvalue weighted by atomic mass is 16.5. The third kappa shape index (κ3) is 3.69. The molecule has 0 bridgehead atoms. The van der Waals surface area contributed by atoms with E-state index in [0.29, 0.717) is 12.2 Å². The summed E-state index contributed by atoms with van der Waals surface area (Å²) in [5.74, 6) is 0.744. The van der Waals surface area contributed by atoms with Crippen LogP contribution >= 0.6 is 0 Å². The molecule has 2 heteroatoms. The number of aldehydes is 1. The van der Waals surface area contributed by atoms with Gasteiger partial charge in [-0.25, -0.2) is 0 Å². The van der Waals surface area contributed by atoms with Crippen molar-refractivity contribution >= 4 is 6.29 Å². The van der Waals surface area contributed by atoms with Gasteiger partial charge in [0.2, 0.25) is 0 Å². The number of hydrogen-bond donors (Lipinski definition) is 0. The molecule has 0 aliphatic carbocycles. The smallest absolute Gasteiger partial charge is 0.153 e. The zero-order valence-electron chi connectivity index (χ0n) is 10.2. The van der Waals surface area contributed by atoms with E-state index in [1.165, 1.54) is 19.3 Å². The fourth-order valence-electron chi connectivity index (χ4n) is 1.67. The van der Waals surface area contributed by atoms with Gasteiger partial charge in [-0.05, 0) is 25.0 Å². The molecule has 0 unspecified atom stereocenters. The van der Waals surface area contributed by atoms with Gasteiger partial charge in [0.25, 0.3) is 0 Å². The first-order valence-corrected chi connectivity index (χ1v) is 5.97. The SMILES string of the molecule is CCCCCCOc1c(C)cccc1C=O. The molecule has 0 heterocycles. The maximum absolute atomic E-state index is 10.8. The monoisotopic (exact) mass is 220 g/mol. The fraction of sp³-hybridized carbons (Fsp3) is 0.500. The minimum Gasteiger partial charge on any atom is -0.493 e. The predicted octanol–water partition coefficient (Wildman–Crippen LogP) is 3.77. The van der Waals surface area contributed by atoms with Gasteiger partial charge in [-0.15, -0.1) is 0 Å². The number of ether oxygens (including phenoxy) is 1. The average molecular weight is 220 g/mol. The Morgan fingerprint density at radius 1 is 1.25 bits per heavy atom. The Morgan fingerprint density at radius 2 is 2.06 bits per heavy atom. The van der Waals surface area contributed by atoms with Crippen LogP contribution in [0.2, 0.25) is 0 Å². The molecule has 0 aromatic heterocycles. The highest BCUT2D eigenvalue weighted by Gasteiger charge is 2.05. The Balaban J connectivity index is 2.49. The summed E-state index contributed by atoms with van der Waals surface area (Å²) in [5, 5.41) is 0. The van der Waals surface area contributed by atoms with Crippen molar-refractivity contribution in [3.05, 3.63) is 29.3 Å². The summed E-state index contributed by atoms with van der Waals surface area (Å²) >= 11 is 0. The van der Waals surface area contributed by atoms with Crippen LogP contribution in [0.1, 0.15) is 48.5 Å². The van der Waals surface area contributed by atoms with Gasteiger partial charge in [0.05, 0.1) is 12.2 Å². The zero-order chi connectivity index (χ0) is 11.8. The summed E-state index contributed by atoms with van der Waals surface area (Å²) in [4.78, 5) is 10.8. The Bertz CT molecular complexity index is 332. The van der Waals surface area contributed by atoms with Crippen molar-refractivity contribution in [3.63, 3.8) is 0 Å². The standard InChI is InChI=1S/C14H20O2/c1-3-4-5-6-10-16-14-12(2)8-7-9-13(14)11-15/h7-9,11H,3-6,10H2,1-2H3. The number of rotatable bonds is 7. The molecule has 0 aliphatic rings. The van der Waals surface area contributed by atoms with Crippen LogP contribution in [-0.4, -0.2) is 12.9 Å². The number of para-hydroxylation sites is 1. The Hall–Kier alpha value is -1.31. The van der Waals surface area contributed by atoms with Gasteiger partial charge < -0.3 is 4.74 Å². The van der Waals surface area contributed by atoms with E-state index in [4.69, 9.17) is 4.74 Å². The van der Waals surface area contributed by atoms with E-state index in [1.807, 2.05) is 19.1 Å². The first-order chi connectivity index (χ1) is 7.79. The van der Waals surface area contributed by atoms with Crippen LogP contribution in [0.15, 0.2) is 18.2 Å². The quantitative estimate of drug-likeness (QED) is 0.516. The molecule has 0 fully saturated rings. The Labute approximate surface area is 97.6 Å². The summed E-state index contributed by atoms with van der Waals surface area (Å²) in [6.45, 7) is 4.85. The molecule has 0 spiro atoms. The maximum Gasteiger partial charge on any atom is 0.153 e. The van der Waals surface area contributed by atoms with E-state index in [-0.39, 0.29) is 0 Å². The fourth-order valence-corrected chi connectivity index (χ4v) is 1.67. The van der Waals surface area contributed by atoms with Crippen molar-refractivity contribution in [2.75, 3.05) is 6.61 Å². The molecule has 88 valence electrons. The molecule has 0 saturated carbocycles. The second-order valence-electron chi connectivity index (χ2n) is 4.02. The lowest BCUT2D eigenvalue weighted by Crippen LogP contribution is -2.01. The van der Waals surface area contributed by atoms with Crippen molar-refractivity contribution in [3.8, 4) is 5.75 Å². The van der Waals surface area contributed by atoms with E-state index in [1.54, 1.807) is 6.07 Å². The van der Waals surface area contributed by atoms with Crippen molar-refractivity contribution in [1.82, 2.24) is 0 Å². The lowest BCUT2D eigenvalue weighted by Gasteiger charge is -2.10. The van der Waals surface area contributed by atoms with Gasteiger partial charge in [0, 0.05) is 0 Å². The zero-order valence-corrected chi connectivity index (χ0v) is 10.2. The molecule has 0 saturated heterocycles. The van der Waals surface area contributed by atoms with E-state index in [9.17, 15) is 4.79 Å². The maximum atomic E-state index is 10.8. The van der Waals surface area contributed by atoms with Crippen LogP contribution in [0.3, 0.4) is 0 Å². The first-order valence-electron chi connectivity index (χ1n) is 5.97. The van der Waals surface area contributed by atoms with Gasteiger partial charge in [-0.1, -0.05) is 38.3 Å². The van der Waals surface area contributed by atoms with E-state index in [2.05, 4.69) is 6.92 Å². The summed E-state index contributed by atoms with van der Waals surface area (Å²) in [5.41, 5.74) is 1.68. The van der Waals surface area contributed by atoms with Gasteiger partial charge in [0.15, 0.2) is 6.29 Å². The molecule has 16 heavy (non-hydrogen) atoms. The van der Waals surface area contributed by atoms with Crippen LogP contribution in [0.25, 0.3) is 0 Å². The van der Waals surface area contributed by atoms with Crippen LogP contribution < -0.4 is 4.74 Å². The normalized spacial score (nSPS) is 10.1. The molecule has 2 nitrogen and oxygen atoms in total. The van der Waals surface area contributed by atoms with E-state index < -0.39 is 0 Å². The van der Waals surface area contributed by atoms with Crippen LogP contribution in [0.5, 0.6) is 5.75 Å². The number of benzene rings is 1. The highest BCUT2D eigenvalue weighted by molar-refractivity contribution is 5.80. The second kappa shape index (κ2) is 7.04. The summed E-state index contributed by atoms with van der Waals surface area (Å²) in [6, 6.07) is 5.64. The number of aryl methyl sites for hydroxylation is 1. The Morgan fingerprint density at radius 3 is 2.75 bits per heavy atom. The van der Waals surface area contributed by atoms with Crippen molar-refractivity contribution in [1.29, 1.82) is 0 Å². The van der Waals surface area contributed by atoms with Crippen molar-refractivity contribution < 1.29 is 9.53 Å². The van der Waals surface area contributed by atoms with Crippen molar-refractivity contribution in [2.45, 2.75) is 39.5 Å². The molecule has 1 rings (SSSR count). The third-order valence-corrected chi connectivity index (χ3v) is 2.61. The number of unbranched alkanes of at least 4 members (excludes halogenated alkanes) is 3. The van der Waals surface area contributed by atoms with Crippen LogP contribution in [0.4, 0.5) is 0 Å². The molecule has 0 atom stereocenters. The van der Waals surface area contributed by atoms with Crippen LogP contribution in [0, 0.1) is 6.92 Å². The number of hydrogen-bond acceptors (Lipinski definition) is 2. The highest BCUT2D eigenvalue weighted by Crippen LogP contribution is 2.22. The molecule has 0 radical (unpaired) electrons. The lowest BCUT2D eigenvalue weighted by atomic mass is 10.1. The summed E-state index contributed by atoms with van der Waals surface area (Å²) < 4.78 is 5.67. The lowest BCUT2D eigenvalue weighted by molar-refractivity contribution is 0.111. The molecule has 0 amide bonds. The largest absolute Gasteiger partial charge is 0.493 e.